The Kier molecular flexibility index (Phi) is 7.56. The fraction of sp³-hybridized carbons (Fsp3) is 0.632. The average Bonchev–Trinajstić information content (AvgIpc) is 2.59. The summed E-state index contributed by atoms with van der Waals surface area (Å²) in [5, 5.41) is 0. The van der Waals surface area contributed by atoms with Crippen LogP contribution in [0.1, 0.15) is 32.3 Å². The van der Waals surface area contributed by atoms with Crippen molar-refractivity contribution in [2.75, 3.05) is 40.4 Å². The lowest BCUT2D eigenvalue weighted by Crippen LogP contribution is -2.47. The predicted molar refractivity (Wildman–Crippen MR) is 103 cm³/mol. The van der Waals surface area contributed by atoms with Gasteiger partial charge in [0.25, 0.3) is 0 Å². The quantitative estimate of drug-likeness (QED) is 0.688. The minimum absolute atomic E-state index is 0.166. The standard InChI is InChI=1S/C19H29BrN2O3/c1-5-24-17-10-14(16(20)12-18(17)25-6-2)11-19(23)22-9-7-8-15(13-22)21(3)4/h10,12,15H,5-9,11,13H2,1-4H3. The highest BCUT2D eigenvalue weighted by molar-refractivity contribution is 9.10. The predicted octanol–water partition coefficient (Wildman–Crippen LogP) is 3.34. The van der Waals surface area contributed by atoms with Gasteiger partial charge in [0.2, 0.25) is 5.91 Å². The lowest BCUT2D eigenvalue weighted by atomic mass is 10.0. The second-order valence-electron chi connectivity index (χ2n) is 6.53. The Morgan fingerprint density at radius 2 is 1.88 bits per heavy atom. The highest BCUT2D eigenvalue weighted by Gasteiger charge is 2.25. The SMILES string of the molecule is CCOc1cc(Br)c(CC(=O)N2CCCC(N(C)C)C2)cc1OCC. The number of hydrogen-bond acceptors (Lipinski definition) is 4. The molecule has 0 aromatic heterocycles. The first-order valence-electron chi connectivity index (χ1n) is 8.98. The molecule has 1 aromatic carbocycles. The first kappa shape index (κ1) is 20.0. The molecular weight excluding hydrogens is 384 g/mol. The Morgan fingerprint density at radius 1 is 1.24 bits per heavy atom. The van der Waals surface area contributed by atoms with Crippen LogP contribution < -0.4 is 9.47 Å². The number of carbonyl (C=O) groups excluding carboxylic acids is 1. The van der Waals surface area contributed by atoms with Crippen molar-refractivity contribution in [3.63, 3.8) is 0 Å². The van der Waals surface area contributed by atoms with Crippen molar-refractivity contribution in [1.29, 1.82) is 0 Å². The molecule has 1 unspecified atom stereocenters. The van der Waals surface area contributed by atoms with Crippen molar-refractivity contribution in [3.05, 3.63) is 22.2 Å². The number of rotatable bonds is 7. The molecule has 6 heteroatoms. The zero-order valence-corrected chi connectivity index (χ0v) is 17.3. The first-order chi connectivity index (χ1) is 12.0. The maximum Gasteiger partial charge on any atom is 0.227 e. The van der Waals surface area contributed by atoms with Crippen molar-refractivity contribution in [1.82, 2.24) is 9.80 Å². The van der Waals surface area contributed by atoms with Crippen LogP contribution in [0.2, 0.25) is 0 Å². The third-order valence-corrected chi connectivity index (χ3v) is 5.27. The van der Waals surface area contributed by atoms with E-state index < -0.39 is 0 Å². The van der Waals surface area contributed by atoms with Gasteiger partial charge in [-0.15, -0.1) is 0 Å². The Labute approximate surface area is 159 Å². The number of likely N-dealkylation sites (tertiary alicyclic amines) is 1. The topological polar surface area (TPSA) is 42.0 Å². The number of halogens is 1. The number of amides is 1. The number of benzene rings is 1. The summed E-state index contributed by atoms with van der Waals surface area (Å²) in [5.41, 5.74) is 0.934. The molecule has 1 aromatic rings. The van der Waals surface area contributed by atoms with Gasteiger partial charge < -0.3 is 19.3 Å². The van der Waals surface area contributed by atoms with Crippen LogP contribution in [0.3, 0.4) is 0 Å². The van der Waals surface area contributed by atoms with Crippen LogP contribution in [-0.2, 0) is 11.2 Å². The minimum atomic E-state index is 0.166. The van der Waals surface area contributed by atoms with E-state index in [9.17, 15) is 4.79 Å². The zero-order chi connectivity index (χ0) is 18.4. The summed E-state index contributed by atoms with van der Waals surface area (Å²) in [6, 6.07) is 4.26. The van der Waals surface area contributed by atoms with Crippen LogP contribution in [0.5, 0.6) is 11.5 Å². The highest BCUT2D eigenvalue weighted by atomic mass is 79.9. The maximum atomic E-state index is 12.8. The highest BCUT2D eigenvalue weighted by Crippen LogP contribution is 2.34. The first-order valence-corrected chi connectivity index (χ1v) is 9.77. The smallest absolute Gasteiger partial charge is 0.227 e. The van der Waals surface area contributed by atoms with Crippen molar-refractivity contribution < 1.29 is 14.3 Å². The van der Waals surface area contributed by atoms with Crippen LogP contribution in [-0.4, -0.2) is 62.1 Å². The summed E-state index contributed by atoms with van der Waals surface area (Å²) in [6.45, 7) is 6.67. The molecule has 1 aliphatic heterocycles. The fourth-order valence-corrected chi connectivity index (χ4v) is 3.59. The van der Waals surface area contributed by atoms with E-state index in [-0.39, 0.29) is 5.91 Å². The summed E-state index contributed by atoms with van der Waals surface area (Å²) >= 11 is 3.58. The summed E-state index contributed by atoms with van der Waals surface area (Å²) in [6.07, 6.45) is 2.58. The number of carbonyl (C=O) groups is 1. The molecule has 1 aliphatic rings. The number of likely N-dealkylation sites (N-methyl/N-ethyl adjacent to an activating group) is 1. The van der Waals surface area contributed by atoms with Gasteiger partial charge in [-0.3, -0.25) is 4.79 Å². The normalized spacial score (nSPS) is 17.7. The molecule has 25 heavy (non-hydrogen) atoms. The molecule has 1 atom stereocenters. The second kappa shape index (κ2) is 9.43. The molecule has 1 heterocycles. The van der Waals surface area contributed by atoms with Gasteiger partial charge in [-0.1, -0.05) is 15.9 Å². The van der Waals surface area contributed by atoms with Gasteiger partial charge in [0.05, 0.1) is 19.6 Å². The van der Waals surface area contributed by atoms with E-state index in [1.165, 1.54) is 0 Å². The van der Waals surface area contributed by atoms with Crippen molar-refractivity contribution in [2.24, 2.45) is 0 Å². The van der Waals surface area contributed by atoms with E-state index >= 15 is 0 Å². The molecule has 1 saturated heterocycles. The van der Waals surface area contributed by atoms with Gasteiger partial charge in [0, 0.05) is 23.6 Å². The molecule has 1 fully saturated rings. The van der Waals surface area contributed by atoms with Gasteiger partial charge in [-0.05, 0) is 58.5 Å². The molecular formula is C19H29BrN2O3. The monoisotopic (exact) mass is 412 g/mol. The van der Waals surface area contributed by atoms with E-state index in [0.717, 1.165) is 36.0 Å². The molecule has 0 radical (unpaired) electrons. The lowest BCUT2D eigenvalue weighted by Gasteiger charge is -2.36. The molecule has 0 saturated carbocycles. The van der Waals surface area contributed by atoms with Crippen LogP contribution in [0.15, 0.2) is 16.6 Å². The van der Waals surface area contributed by atoms with Crippen molar-refractivity contribution in [3.8, 4) is 11.5 Å². The summed E-state index contributed by atoms with van der Waals surface area (Å²) in [7, 11) is 4.16. The van der Waals surface area contributed by atoms with Crippen LogP contribution >= 0.6 is 15.9 Å². The number of ether oxygens (including phenoxy) is 2. The van der Waals surface area contributed by atoms with Crippen molar-refractivity contribution in [2.45, 2.75) is 39.2 Å². The van der Waals surface area contributed by atoms with Gasteiger partial charge >= 0.3 is 0 Å². The Balaban J connectivity index is 2.13. The minimum Gasteiger partial charge on any atom is -0.490 e. The Hall–Kier alpha value is -1.27. The molecule has 140 valence electrons. The van der Waals surface area contributed by atoms with Crippen molar-refractivity contribution >= 4 is 21.8 Å². The van der Waals surface area contributed by atoms with Gasteiger partial charge in [0.1, 0.15) is 0 Å². The molecule has 2 rings (SSSR count). The van der Waals surface area contributed by atoms with E-state index in [4.69, 9.17) is 9.47 Å². The van der Waals surface area contributed by atoms with Crippen LogP contribution in [0.25, 0.3) is 0 Å². The average molecular weight is 413 g/mol. The number of hydrogen-bond donors (Lipinski definition) is 0. The molecule has 0 bridgehead atoms. The summed E-state index contributed by atoms with van der Waals surface area (Å²) in [4.78, 5) is 17.0. The molecule has 1 amide bonds. The van der Waals surface area contributed by atoms with Gasteiger partial charge in [-0.2, -0.15) is 0 Å². The molecule has 5 nitrogen and oxygen atoms in total. The van der Waals surface area contributed by atoms with E-state index in [1.54, 1.807) is 0 Å². The fourth-order valence-electron chi connectivity index (χ4n) is 3.13. The van der Waals surface area contributed by atoms with E-state index in [0.29, 0.717) is 37.2 Å². The number of piperidine rings is 1. The Morgan fingerprint density at radius 3 is 2.48 bits per heavy atom. The van der Waals surface area contributed by atoms with Gasteiger partial charge in [-0.25, -0.2) is 0 Å². The lowest BCUT2D eigenvalue weighted by molar-refractivity contribution is -0.132. The third kappa shape index (κ3) is 5.35. The summed E-state index contributed by atoms with van der Waals surface area (Å²) in [5.74, 6) is 1.57. The maximum absolute atomic E-state index is 12.8. The van der Waals surface area contributed by atoms with Gasteiger partial charge in [0.15, 0.2) is 11.5 Å². The third-order valence-electron chi connectivity index (χ3n) is 4.53. The van der Waals surface area contributed by atoms with E-state index in [1.807, 2.05) is 30.9 Å². The number of nitrogens with zero attached hydrogens (tertiary/aromatic N) is 2. The molecule has 0 spiro atoms. The molecule has 0 aliphatic carbocycles. The Bertz CT molecular complexity index is 592. The van der Waals surface area contributed by atoms with E-state index in [2.05, 4.69) is 34.9 Å². The molecule has 0 N–H and O–H groups in total. The summed E-state index contributed by atoms with van der Waals surface area (Å²) < 4.78 is 12.2. The zero-order valence-electron chi connectivity index (χ0n) is 15.7. The van der Waals surface area contributed by atoms with Crippen LogP contribution in [0, 0.1) is 0 Å². The second-order valence-corrected chi connectivity index (χ2v) is 7.39. The van der Waals surface area contributed by atoms with Crippen LogP contribution in [0.4, 0.5) is 0 Å². The largest absolute Gasteiger partial charge is 0.490 e.